The first-order chi connectivity index (χ1) is 23.1. The number of benzene rings is 1. The molecule has 1 saturated heterocycles. The molecule has 3 aromatic rings. The normalized spacial score (nSPS) is 18.7. The van der Waals surface area contributed by atoms with E-state index in [2.05, 4.69) is 37.4 Å². The van der Waals surface area contributed by atoms with Crippen LogP contribution in [-0.2, 0) is 21.6 Å². The maximum atomic E-state index is 13.3. The van der Waals surface area contributed by atoms with Crippen molar-refractivity contribution in [2.45, 2.75) is 84.1 Å². The molecule has 1 fully saturated rings. The Kier molecular flexibility index (Phi) is 10.5. The molecule has 13 nitrogen and oxygen atoms in total. The van der Waals surface area contributed by atoms with Crippen LogP contribution in [0.1, 0.15) is 92.0 Å². The summed E-state index contributed by atoms with van der Waals surface area (Å²) in [5.41, 5.74) is 1.96. The number of ether oxygens (including phenoxy) is 2. The molecule has 0 bridgehead atoms. The van der Waals surface area contributed by atoms with Crippen LogP contribution in [0.15, 0.2) is 48.7 Å². The minimum absolute atomic E-state index is 0. The van der Waals surface area contributed by atoms with E-state index in [-0.39, 0.29) is 32.5 Å². The van der Waals surface area contributed by atoms with E-state index in [1.807, 2.05) is 58.9 Å². The molecule has 2 aliphatic rings. The Morgan fingerprint density at radius 1 is 1.00 bits per heavy atom. The zero-order valence-corrected chi connectivity index (χ0v) is 29.6. The Balaban J connectivity index is 0.00000351. The van der Waals surface area contributed by atoms with Gasteiger partial charge in [0.2, 0.25) is 0 Å². The topological polar surface area (TPSA) is 162 Å². The average Bonchev–Trinajstić information content (AvgIpc) is 3.05. The summed E-state index contributed by atoms with van der Waals surface area (Å²) in [6.45, 7) is 14.9. The largest absolute Gasteiger partial charge is 0.484 e. The molecule has 266 valence electrons. The molecule has 0 unspecified atom stereocenters. The van der Waals surface area contributed by atoms with Crippen molar-refractivity contribution in [3.05, 3.63) is 76.8 Å². The summed E-state index contributed by atoms with van der Waals surface area (Å²) in [5, 5.41) is 23.7. The van der Waals surface area contributed by atoms with Crippen LogP contribution in [0, 0.1) is 10.8 Å². The first-order valence-electron chi connectivity index (χ1n) is 16.8. The minimum Gasteiger partial charge on any atom is -0.484 e. The number of nitrogens with zero attached hydrogens (tertiary/aromatic N) is 5. The highest BCUT2D eigenvalue weighted by atomic mass is 16.5. The molecule has 3 heterocycles. The van der Waals surface area contributed by atoms with E-state index in [1.165, 1.54) is 6.92 Å². The van der Waals surface area contributed by atoms with E-state index < -0.39 is 17.5 Å². The molecule has 5 rings (SSSR count). The summed E-state index contributed by atoms with van der Waals surface area (Å²) < 4.78 is 13.3. The summed E-state index contributed by atoms with van der Waals surface area (Å²) in [4.78, 5) is 38.2. The number of amides is 2. The highest BCUT2D eigenvalue weighted by Gasteiger charge is 2.35. The lowest BCUT2D eigenvalue weighted by molar-refractivity contribution is -0.142. The van der Waals surface area contributed by atoms with Gasteiger partial charge >= 0.3 is 12.0 Å². The van der Waals surface area contributed by atoms with Crippen LogP contribution in [0.4, 0.5) is 10.6 Å². The van der Waals surface area contributed by atoms with E-state index in [4.69, 9.17) is 20.3 Å². The van der Waals surface area contributed by atoms with Gasteiger partial charge in [-0.1, -0.05) is 45.0 Å². The number of nitrogens with one attached hydrogen (secondary N) is 4. The molecule has 1 aliphatic heterocycles. The molecule has 0 spiro atoms. The van der Waals surface area contributed by atoms with Gasteiger partial charge < -0.3 is 19.7 Å². The van der Waals surface area contributed by atoms with Crippen molar-refractivity contribution in [3.8, 4) is 5.75 Å². The van der Waals surface area contributed by atoms with Crippen LogP contribution in [0.25, 0.3) is 0 Å². The standard InChI is InChI=1S/C36H49N9O4.2H2/c1-23(46)48-22-32-40-29(35(2,3)4)20-31(41-32)42-34(47)39-27-13-14-28(26-11-9-8-10-25(26)27)49-24-12-15-30(37)45(21-24)33(38)36(5,6)44-18-16-43(7)17-19-44;;/h8-12,15,20-21,27-28,37-38H,13-14,16-19,22H2,1-7H3,(H2,39,40,41,42,47);2*1H/t27-,28+;;/m0../s1. The first kappa shape index (κ1) is 35.7. The lowest BCUT2D eigenvalue weighted by Crippen LogP contribution is -2.59. The third-order valence-electron chi connectivity index (χ3n) is 9.24. The summed E-state index contributed by atoms with van der Waals surface area (Å²) in [7, 11) is 2.11. The molecule has 4 N–H and O–H groups in total. The molecule has 0 radical (unpaired) electrons. The maximum absolute atomic E-state index is 13.3. The number of hydrogen-bond acceptors (Lipinski definition) is 10. The molecule has 49 heavy (non-hydrogen) atoms. The Labute approximate surface area is 291 Å². The number of carbonyl (C=O) groups is 2. The molecule has 1 aromatic carbocycles. The van der Waals surface area contributed by atoms with Crippen molar-refractivity contribution in [1.29, 1.82) is 10.8 Å². The van der Waals surface area contributed by atoms with Crippen LogP contribution >= 0.6 is 0 Å². The number of hydrogen-bond donors (Lipinski definition) is 4. The Morgan fingerprint density at radius 2 is 1.69 bits per heavy atom. The molecule has 1 aliphatic carbocycles. The number of carbonyl (C=O) groups excluding carboxylic acids is 2. The SMILES string of the molecule is CC(=O)OCc1nc(NC(=O)N[C@H]2CC[C@@H](Oc3ccc(=N)n(C(=N)C(C)(C)N4CCN(C)CC4)c3)c3ccccc32)cc(C(C)(C)C)n1.[HH].[HH]. The number of esters is 1. The fraction of sp³-hybridized carbons (Fsp3) is 0.500. The van der Waals surface area contributed by atoms with Crippen molar-refractivity contribution in [1.82, 2.24) is 29.7 Å². The van der Waals surface area contributed by atoms with Gasteiger partial charge in [0.15, 0.2) is 12.4 Å². The number of piperazine rings is 1. The second-order valence-electron chi connectivity index (χ2n) is 14.4. The number of anilines is 1. The van der Waals surface area contributed by atoms with E-state index in [0.717, 1.165) is 37.3 Å². The molecule has 2 atom stereocenters. The second kappa shape index (κ2) is 14.5. The summed E-state index contributed by atoms with van der Waals surface area (Å²) in [6.07, 6.45) is 2.74. The monoisotopic (exact) mass is 675 g/mol. The Bertz CT molecular complexity index is 1770. The number of rotatable bonds is 8. The van der Waals surface area contributed by atoms with Crippen LogP contribution in [0.5, 0.6) is 5.75 Å². The second-order valence-corrected chi connectivity index (χ2v) is 14.4. The van der Waals surface area contributed by atoms with Gasteiger partial charge in [-0.05, 0) is 57.0 Å². The van der Waals surface area contributed by atoms with Crippen LogP contribution in [-0.4, -0.2) is 80.9 Å². The predicted molar refractivity (Wildman–Crippen MR) is 191 cm³/mol. The van der Waals surface area contributed by atoms with E-state index in [1.54, 1.807) is 29.0 Å². The highest BCUT2D eigenvalue weighted by Crippen LogP contribution is 2.38. The van der Waals surface area contributed by atoms with E-state index >= 15 is 0 Å². The molecular formula is C36H53N9O4. The molecule has 13 heteroatoms. The van der Waals surface area contributed by atoms with Crippen molar-refractivity contribution in [2.75, 3.05) is 38.5 Å². The van der Waals surface area contributed by atoms with Crippen molar-refractivity contribution < 1.29 is 21.9 Å². The summed E-state index contributed by atoms with van der Waals surface area (Å²) in [5.74, 6) is 1.08. The zero-order valence-electron chi connectivity index (χ0n) is 29.6. The number of likely N-dealkylation sites (N-methyl/N-ethyl adjacent to an activating group) is 1. The third kappa shape index (κ3) is 8.52. The number of pyridine rings is 1. The third-order valence-corrected chi connectivity index (χ3v) is 9.24. The van der Waals surface area contributed by atoms with Crippen molar-refractivity contribution in [2.24, 2.45) is 0 Å². The molecule has 2 aromatic heterocycles. The van der Waals surface area contributed by atoms with Gasteiger partial charge in [0, 0.05) is 47.4 Å². The van der Waals surface area contributed by atoms with E-state index in [9.17, 15) is 9.59 Å². The molecule has 2 amide bonds. The smallest absolute Gasteiger partial charge is 0.320 e. The lowest BCUT2D eigenvalue weighted by atomic mass is 9.85. The highest BCUT2D eigenvalue weighted by molar-refractivity contribution is 5.90. The average molecular weight is 676 g/mol. The van der Waals surface area contributed by atoms with Gasteiger partial charge in [-0.2, -0.15) is 0 Å². The molecule has 0 saturated carbocycles. The number of urea groups is 1. The van der Waals surface area contributed by atoms with Crippen molar-refractivity contribution >= 4 is 23.7 Å². The number of fused-ring (bicyclic) bond motifs is 1. The maximum Gasteiger partial charge on any atom is 0.320 e. The summed E-state index contributed by atoms with van der Waals surface area (Å²) in [6, 6.07) is 12.4. The van der Waals surface area contributed by atoms with Gasteiger partial charge in [-0.25, -0.2) is 14.8 Å². The Morgan fingerprint density at radius 3 is 2.37 bits per heavy atom. The first-order valence-corrected chi connectivity index (χ1v) is 16.8. The Hall–Kier alpha value is -4.62. The predicted octanol–water partition coefficient (Wildman–Crippen LogP) is 5.24. The number of aromatic nitrogens is 3. The van der Waals surface area contributed by atoms with E-state index in [0.29, 0.717) is 41.8 Å². The lowest BCUT2D eigenvalue weighted by Gasteiger charge is -2.43. The van der Waals surface area contributed by atoms with Gasteiger partial charge in [-0.3, -0.25) is 30.4 Å². The van der Waals surface area contributed by atoms with Gasteiger partial charge in [0.1, 0.15) is 29.0 Å². The van der Waals surface area contributed by atoms with Crippen molar-refractivity contribution in [3.63, 3.8) is 0 Å². The zero-order chi connectivity index (χ0) is 35.5. The fourth-order valence-electron chi connectivity index (χ4n) is 6.22. The fourth-order valence-corrected chi connectivity index (χ4v) is 6.22. The molecular weight excluding hydrogens is 622 g/mol. The van der Waals surface area contributed by atoms with Crippen LogP contribution < -0.4 is 20.9 Å². The van der Waals surface area contributed by atoms with Crippen LogP contribution in [0.2, 0.25) is 0 Å². The van der Waals surface area contributed by atoms with Gasteiger partial charge in [0.25, 0.3) is 0 Å². The van der Waals surface area contributed by atoms with Crippen LogP contribution in [0.3, 0.4) is 0 Å². The minimum atomic E-state index is -0.568. The summed E-state index contributed by atoms with van der Waals surface area (Å²) >= 11 is 0. The van der Waals surface area contributed by atoms with Gasteiger partial charge in [0.05, 0.1) is 23.5 Å². The van der Waals surface area contributed by atoms with Gasteiger partial charge in [-0.15, -0.1) is 0 Å². The quantitative estimate of drug-likeness (QED) is 0.143.